The topological polar surface area (TPSA) is 48.1 Å². The molecule has 0 saturated heterocycles. The number of halogens is 3. The Balaban J connectivity index is 0.000000806. The predicted octanol–water partition coefficient (Wildman–Crippen LogP) is 4.51. The van der Waals surface area contributed by atoms with E-state index in [2.05, 4.69) is 39.5 Å². The first-order chi connectivity index (χ1) is 14.7. The molecule has 4 rings (SSSR count). The molecule has 4 atom stereocenters. The first kappa shape index (κ1) is 25.1. The minimum atomic E-state index is 0.00694. The maximum atomic E-state index is 6.41. The molecule has 0 amide bonds. The van der Waals surface area contributed by atoms with Crippen molar-refractivity contribution < 1.29 is 13.1 Å². The van der Waals surface area contributed by atoms with E-state index in [1.807, 2.05) is 0 Å². The molecule has 1 aliphatic heterocycles. The van der Waals surface area contributed by atoms with E-state index in [0.717, 1.165) is 31.2 Å². The average Bonchev–Trinajstić information content (AvgIpc) is 2.75. The molecule has 1 heterocycles. The molecule has 8 heteroatoms. The molecule has 2 fully saturated rings. The molecular formula is C22H34Cl3MnN4-. The summed E-state index contributed by atoms with van der Waals surface area (Å²) < 4.78 is 0. The maximum absolute atomic E-state index is 6.41. The Morgan fingerprint density at radius 1 is 0.700 bits per heavy atom. The fraction of sp³-hybridized carbons (Fsp3) is 0.727. The van der Waals surface area contributed by atoms with Gasteiger partial charge in [0.05, 0.1) is 0 Å². The summed E-state index contributed by atoms with van der Waals surface area (Å²) >= 11 is 6.42. The van der Waals surface area contributed by atoms with Crippen molar-refractivity contribution in [3.8, 4) is 0 Å². The Bertz CT molecular complexity index is 588. The number of rotatable bonds is 0. The number of hydrogen-bond donors (Lipinski definition) is 4. The van der Waals surface area contributed by atoms with Crippen LogP contribution in [0, 0.1) is 6.07 Å². The Hall–Kier alpha value is 0.449. The van der Waals surface area contributed by atoms with Gasteiger partial charge >= 0.3 is 33.3 Å². The van der Waals surface area contributed by atoms with Crippen LogP contribution in [-0.2, 0) is 26.2 Å². The molecule has 0 aromatic heterocycles. The van der Waals surface area contributed by atoms with E-state index < -0.39 is 0 Å². The zero-order valence-electron chi connectivity index (χ0n) is 17.5. The number of fused-ring (bicyclic) bond motifs is 4. The van der Waals surface area contributed by atoms with Crippen LogP contribution in [0.25, 0.3) is 0 Å². The predicted molar refractivity (Wildman–Crippen MR) is 124 cm³/mol. The molecule has 4 nitrogen and oxygen atoms in total. The van der Waals surface area contributed by atoms with Crippen molar-refractivity contribution in [2.45, 2.75) is 88.6 Å². The van der Waals surface area contributed by atoms with E-state index in [4.69, 9.17) is 31.8 Å². The van der Waals surface area contributed by atoms with Crippen molar-refractivity contribution in [1.82, 2.24) is 21.3 Å². The average molecular weight is 516 g/mol. The number of benzene rings is 1. The number of nitrogens with one attached hydrogen (secondary N) is 4. The van der Waals surface area contributed by atoms with Crippen molar-refractivity contribution in [2.75, 3.05) is 13.1 Å². The summed E-state index contributed by atoms with van der Waals surface area (Å²) in [6.07, 6.45) is 10.4. The summed E-state index contributed by atoms with van der Waals surface area (Å²) in [5.74, 6) is 0. The molecule has 171 valence electrons. The summed E-state index contributed by atoms with van der Waals surface area (Å²) in [4.78, 5) is 0. The van der Waals surface area contributed by atoms with Gasteiger partial charge in [-0.25, -0.2) is 0 Å². The zero-order valence-corrected chi connectivity index (χ0v) is 20.9. The van der Waals surface area contributed by atoms with Gasteiger partial charge in [0.2, 0.25) is 0 Å². The minimum absolute atomic E-state index is 0.00694. The van der Waals surface area contributed by atoms with Crippen molar-refractivity contribution in [1.29, 1.82) is 0 Å². The van der Waals surface area contributed by atoms with Gasteiger partial charge in [-0.15, -0.1) is 34.9 Å². The van der Waals surface area contributed by atoms with Gasteiger partial charge in [-0.1, -0.05) is 30.7 Å². The van der Waals surface area contributed by atoms with Crippen LogP contribution >= 0.6 is 31.8 Å². The normalized spacial score (nSPS) is 30.5. The molecule has 3 aliphatic rings. The van der Waals surface area contributed by atoms with Crippen LogP contribution in [0.15, 0.2) is 12.1 Å². The second-order valence-corrected chi connectivity index (χ2v) is 11.0. The molecular weight excluding hydrogens is 482 g/mol. The molecule has 0 radical (unpaired) electrons. The summed E-state index contributed by atoms with van der Waals surface area (Å²) in [6, 6.07) is 9.95. The standard InChI is InChI=1S/C22H34ClN4.2ClH.Mn/c23-18-12-16-11-17(13-18)15-27-22-8-4-2-6-20(22)25-10-9-24-19-5-1-3-7-21(19)26-14-16;;;/h12-13,19-22,24-27H,1-10,14-15H2;2*1H;/q-1;;;+2/p-2/t19-,20-,21?,22?;;;/m1.../s1. The van der Waals surface area contributed by atoms with E-state index >= 15 is 0 Å². The first-order valence-electron chi connectivity index (χ1n) is 11.2. The summed E-state index contributed by atoms with van der Waals surface area (Å²) in [5.41, 5.74) is 2.36. The van der Waals surface area contributed by atoms with E-state index in [1.165, 1.54) is 62.5 Å². The fourth-order valence-electron chi connectivity index (χ4n) is 5.08. The molecule has 0 spiro atoms. The monoisotopic (exact) mass is 514 g/mol. The van der Waals surface area contributed by atoms with Crippen LogP contribution in [0.4, 0.5) is 0 Å². The summed E-state index contributed by atoms with van der Waals surface area (Å²) in [7, 11) is 9.59. The molecule has 2 unspecified atom stereocenters. The van der Waals surface area contributed by atoms with Crippen LogP contribution in [-0.4, -0.2) is 37.3 Å². The summed E-state index contributed by atoms with van der Waals surface area (Å²) in [5, 5.41) is 16.0. The van der Waals surface area contributed by atoms with Gasteiger partial charge in [-0.05, 0) is 38.8 Å². The van der Waals surface area contributed by atoms with E-state index in [0.29, 0.717) is 24.2 Å². The van der Waals surface area contributed by atoms with E-state index in [9.17, 15) is 0 Å². The van der Waals surface area contributed by atoms with Gasteiger partial charge in [0.1, 0.15) is 0 Å². The fourth-order valence-corrected chi connectivity index (χ4v) is 5.34. The van der Waals surface area contributed by atoms with Crippen LogP contribution in [0.5, 0.6) is 0 Å². The van der Waals surface area contributed by atoms with Gasteiger partial charge in [-0.2, -0.15) is 6.07 Å². The van der Waals surface area contributed by atoms with E-state index in [1.54, 1.807) is 0 Å². The number of hydrogen-bond acceptors (Lipinski definition) is 4. The molecule has 2 saturated carbocycles. The molecule has 2 aliphatic carbocycles. The van der Waals surface area contributed by atoms with Gasteiger partial charge in [0, 0.05) is 37.3 Å². The van der Waals surface area contributed by atoms with Crippen LogP contribution < -0.4 is 21.3 Å². The second-order valence-electron chi connectivity index (χ2n) is 8.57. The zero-order chi connectivity index (χ0) is 21.2. The SMILES string of the molecule is Clc1cc2[c-]c(c1)CNC1CCCC[C@H]1NCCN[C@@H]1CCCCC1NC2.[Cl][Mn][Cl]. The van der Waals surface area contributed by atoms with E-state index in [-0.39, 0.29) is 13.1 Å². The third-order valence-corrected chi connectivity index (χ3v) is 6.74. The molecule has 4 N–H and O–H groups in total. The van der Waals surface area contributed by atoms with Crippen LogP contribution in [0.2, 0.25) is 5.02 Å². The molecule has 2 bridgehead atoms. The van der Waals surface area contributed by atoms with Crippen molar-refractivity contribution in [3.63, 3.8) is 0 Å². The molecule has 1 aromatic carbocycles. The quantitative estimate of drug-likeness (QED) is 0.303. The Morgan fingerprint density at radius 2 is 1.07 bits per heavy atom. The molecule has 30 heavy (non-hydrogen) atoms. The van der Waals surface area contributed by atoms with Gasteiger partial charge in [0.25, 0.3) is 0 Å². The Morgan fingerprint density at radius 3 is 1.47 bits per heavy atom. The van der Waals surface area contributed by atoms with Crippen LogP contribution in [0.1, 0.15) is 62.5 Å². The first-order valence-corrected chi connectivity index (χ1v) is 14.8. The summed E-state index contributed by atoms with van der Waals surface area (Å²) in [6.45, 7) is 3.80. The second kappa shape index (κ2) is 13.9. The van der Waals surface area contributed by atoms with Crippen molar-refractivity contribution in [3.05, 3.63) is 34.3 Å². The van der Waals surface area contributed by atoms with Crippen molar-refractivity contribution >= 4 is 31.8 Å². The van der Waals surface area contributed by atoms with Gasteiger partial charge in [0.15, 0.2) is 0 Å². The Labute approximate surface area is 201 Å². The van der Waals surface area contributed by atoms with Crippen molar-refractivity contribution in [2.24, 2.45) is 0 Å². The van der Waals surface area contributed by atoms with Gasteiger partial charge < -0.3 is 21.3 Å². The van der Waals surface area contributed by atoms with Gasteiger partial charge in [-0.3, -0.25) is 0 Å². The third-order valence-electron chi connectivity index (χ3n) is 6.52. The van der Waals surface area contributed by atoms with Crippen LogP contribution in [0.3, 0.4) is 0 Å². The third kappa shape index (κ3) is 8.10. The Kier molecular flexibility index (Phi) is 11.6. The molecule has 1 aromatic rings.